The van der Waals surface area contributed by atoms with Crippen LogP contribution in [0.2, 0.25) is 5.02 Å². The fourth-order valence-electron chi connectivity index (χ4n) is 4.16. The molecule has 0 saturated carbocycles. The first kappa shape index (κ1) is 22.5. The third-order valence-corrected chi connectivity index (χ3v) is 6.09. The predicted octanol–water partition coefficient (Wildman–Crippen LogP) is 5.89. The summed E-state index contributed by atoms with van der Waals surface area (Å²) in [7, 11) is 0. The molecule has 1 aliphatic rings. The molecule has 0 bridgehead atoms. The number of amides is 4. The van der Waals surface area contributed by atoms with E-state index in [0.717, 1.165) is 21.2 Å². The summed E-state index contributed by atoms with van der Waals surface area (Å²) in [6.45, 7) is 0. The number of benzene rings is 4. The zero-order chi connectivity index (χ0) is 24.5. The first-order valence-corrected chi connectivity index (χ1v) is 11.2. The van der Waals surface area contributed by atoms with E-state index in [9.17, 15) is 18.8 Å². The number of nitrogens with one attached hydrogen (secondary N) is 1. The van der Waals surface area contributed by atoms with Crippen LogP contribution >= 0.6 is 11.6 Å². The second kappa shape index (κ2) is 9.16. The molecule has 1 saturated heterocycles. The molecule has 5 nitrogen and oxygen atoms in total. The predicted molar refractivity (Wildman–Crippen MR) is 134 cm³/mol. The van der Waals surface area contributed by atoms with Crippen LogP contribution in [0.5, 0.6) is 0 Å². The van der Waals surface area contributed by atoms with Crippen molar-refractivity contribution in [1.82, 2.24) is 5.32 Å². The highest BCUT2D eigenvalue weighted by molar-refractivity contribution is 6.39. The first-order chi connectivity index (χ1) is 16.9. The molecule has 1 N–H and O–H groups in total. The fraction of sp³-hybridized carbons (Fsp3) is 0.0357. The van der Waals surface area contributed by atoms with E-state index in [0.29, 0.717) is 16.1 Å². The van der Waals surface area contributed by atoms with E-state index in [1.807, 2.05) is 36.4 Å². The molecule has 0 unspecified atom stereocenters. The van der Waals surface area contributed by atoms with E-state index in [-0.39, 0.29) is 23.5 Å². The van der Waals surface area contributed by atoms with Crippen molar-refractivity contribution in [3.05, 3.63) is 118 Å². The average Bonchev–Trinajstić information content (AvgIpc) is 2.84. The minimum absolute atomic E-state index is 0.212. The van der Waals surface area contributed by atoms with Crippen molar-refractivity contribution in [2.45, 2.75) is 6.42 Å². The van der Waals surface area contributed by atoms with Crippen molar-refractivity contribution in [3.8, 4) is 0 Å². The number of carbonyl (C=O) groups is 3. The van der Waals surface area contributed by atoms with Crippen LogP contribution in [0.3, 0.4) is 0 Å². The summed E-state index contributed by atoms with van der Waals surface area (Å²) in [5.41, 5.74) is 1.84. The average molecular weight is 485 g/mol. The van der Waals surface area contributed by atoms with Gasteiger partial charge >= 0.3 is 6.03 Å². The van der Waals surface area contributed by atoms with E-state index < -0.39 is 17.8 Å². The highest BCUT2D eigenvalue weighted by Crippen LogP contribution is 2.30. The van der Waals surface area contributed by atoms with E-state index in [2.05, 4.69) is 5.32 Å². The zero-order valence-electron chi connectivity index (χ0n) is 18.3. The van der Waals surface area contributed by atoms with Crippen molar-refractivity contribution in [3.63, 3.8) is 0 Å². The van der Waals surface area contributed by atoms with Crippen molar-refractivity contribution < 1.29 is 18.8 Å². The van der Waals surface area contributed by atoms with E-state index in [4.69, 9.17) is 11.6 Å². The molecule has 0 radical (unpaired) electrons. The lowest BCUT2D eigenvalue weighted by Gasteiger charge is -2.26. The quantitative estimate of drug-likeness (QED) is 0.290. The summed E-state index contributed by atoms with van der Waals surface area (Å²) < 4.78 is 14.4. The summed E-state index contributed by atoms with van der Waals surface area (Å²) in [5.74, 6) is -1.92. The Morgan fingerprint density at radius 2 is 1.63 bits per heavy atom. The minimum Gasteiger partial charge on any atom is -0.273 e. The van der Waals surface area contributed by atoms with Gasteiger partial charge in [0.15, 0.2) is 0 Å². The third kappa shape index (κ3) is 4.32. The van der Waals surface area contributed by atoms with Gasteiger partial charge < -0.3 is 0 Å². The lowest BCUT2D eigenvalue weighted by atomic mass is 9.92. The Labute approximate surface area is 205 Å². The monoisotopic (exact) mass is 484 g/mol. The van der Waals surface area contributed by atoms with E-state index >= 15 is 0 Å². The normalized spacial score (nSPS) is 15.1. The number of hydrogen-bond donors (Lipinski definition) is 1. The van der Waals surface area contributed by atoms with Gasteiger partial charge in [0.1, 0.15) is 11.4 Å². The first-order valence-electron chi connectivity index (χ1n) is 10.8. The second-order valence-corrected chi connectivity index (χ2v) is 8.50. The maximum absolute atomic E-state index is 14.4. The number of halogens is 2. The molecule has 7 heteroatoms. The maximum Gasteiger partial charge on any atom is 0.335 e. The number of nitrogens with zero attached hydrogens (tertiary/aromatic N) is 1. The van der Waals surface area contributed by atoms with Gasteiger partial charge in [-0.2, -0.15) is 0 Å². The number of rotatable bonds is 4. The maximum atomic E-state index is 14.4. The Morgan fingerprint density at radius 3 is 2.43 bits per heavy atom. The Balaban J connectivity index is 1.66. The van der Waals surface area contributed by atoms with Crippen molar-refractivity contribution in [1.29, 1.82) is 0 Å². The van der Waals surface area contributed by atoms with Crippen LogP contribution in [0.4, 0.5) is 14.9 Å². The fourth-order valence-corrected chi connectivity index (χ4v) is 4.35. The minimum atomic E-state index is -0.857. The molecule has 5 rings (SSSR count). The van der Waals surface area contributed by atoms with Gasteiger partial charge in [0.25, 0.3) is 11.8 Å². The molecule has 1 aliphatic heterocycles. The molecule has 0 atom stereocenters. The molecule has 172 valence electrons. The lowest BCUT2D eigenvalue weighted by Crippen LogP contribution is -2.54. The van der Waals surface area contributed by atoms with Gasteiger partial charge in [0, 0.05) is 11.4 Å². The summed E-state index contributed by atoms with van der Waals surface area (Å²) in [4.78, 5) is 39.6. The number of hydrogen-bond acceptors (Lipinski definition) is 3. The van der Waals surface area contributed by atoms with Crippen LogP contribution in [0, 0.1) is 5.82 Å². The standard InChI is InChI=1S/C28H18ClFN2O3/c29-20-8-5-9-21(15-20)32-27(34)24(26(33)31-28(32)35)16-23-18(14-19-7-2-4-11-25(19)30)13-12-17-6-1-3-10-22(17)23/h1-13,15-16H,14H2,(H,31,33,35)/b24-16+. The van der Waals surface area contributed by atoms with Gasteiger partial charge in [-0.1, -0.05) is 72.3 Å². The van der Waals surface area contributed by atoms with Crippen LogP contribution in [0.1, 0.15) is 16.7 Å². The topological polar surface area (TPSA) is 66.5 Å². The van der Waals surface area contributed by atoms with Crippen LogP contribution in [0.15, 0.2) is 90.5 Å². The molecule has 0 aliphatic carbocycles. The SMILES string of the molecule is O=C1NC(=O)N(c2cccc(Cl)c2)C(=O)/C1=C/c1c(Cc2ccccc2F)ccc2ccccc12. The Kier molecular flexibility index (Phi) is 5.89. The molecule has 35 heavy (non-hydrogen) atoms. The Morgan fingerprint density at radius 1 is 0.857 bits per heavy atom. The van der Waals surface area contributed by atoms with Gasteiger partial charge in [-0.15, -0.1) is 0 Å². The van der Waals surface area contributed by atoms with Gasteiger partial charge in [-0.3, -0.25) is 14.9 Å². The molecular weight excluding hydrogens is 467 g/mol. The van der Waals surface area contributed by atoms with E-state index in [1.54, 1.807) is 36.4 Å². The largest absolute Gasteiger partial charge is 0.335 e. The molecule has 4 amide bonds. The zero-order valence-corrected chi connectivity index (χ0v) is 19.1. The molecule has 1 fully saturated rings. The van der Waals surface area contributed by atoms with Crippen molar-refractivity contribution in [2.24, 2.45) is 0 Å². The summed E-state index contributed by atoms with van der Waals surface area (Å²) in [6, 6.07) is 23.1. The smallest absolute Gasteiger partial charge is 0.273 e. The number of urea groups is 1. The summed E-state index contributed by atoms with van der Waals surface area (Å²) in [5, 5.41) is 4.25. The van der Waals surface area contributed by atoms with Gasteiger partial charge in [0.2, 0.25) is 0 Å². The summed E-state index contributed by atoms with van der Waals surface area (Å²) in [6.07, 6.45) is 1.73. The number of barbiturate groups is 1. The Hall–Kier alpha value is -4.29. The molecule has 4 aromatic rings. The third-order valence-electron chi connectivity index (χ3n) is 5.86. The molecule has 1 heterocycles. The number of imide groups is 2. The summed E-state index contributed by atoms with van der Waals surface area (Å²) >= 11 is 6.05. The van der Waals surface area contributed by atoms with Crippen molar-refractivity contribution >= 4 is 52.0 Å². The number of fused-ring (bicyclic) bond motifs is 1. The van der Waals surface area contributed by atoms with Crippen molar-refractivity contribution in [2.75, 3.05) is 4.90 Å². The molecule has 4 aromatic carbocycles. The highest BCUT2D eigenvalue weighted by Gasteiger charge is 2.37. The van der Waals surface area contributed by atoms with Gasteiger partial charge in [-0.25, -0.2) is 14.1 Å². The van der Waals surface area contributed by atoms with Gasteiger partial charge in [-0.05, 0) is 57.8 Å². The van der Waals surface area contributed by atoms with Crippen LogP contribution in [0.25, 0.3) is 16.8 Å². The second-order valence-electron chi connectivity index (χ2n) is 8.07. The van der Waals surface area contributed by atoms with E-state index in [1.165, 1.54) is 18.2 Å². The molecular formula is C28H18ClFN2O3. The van der Waals surface area contributed by atoms with Crippen LogP contribution in [-0.4, -0.2) is 17.8 Å². The van der Waals surface area contributed by atoms with Crippen LogP contribution in [-0.2, 0) is 16.0 Å². The number of carbonyl (C=O) groups excluding carboxylic acids is 3. The number of anilines is 1. The lowest BCUT2D eigenvalue weighted by molar-refractivity contribution is -0.122. The highest BCUT2D eigenvalue weighted by atomic mass is 35.5. The molecule has 0 spiro atoms. The van der Waals surface area contributed by atoms with Crippen LogP contribution < -0.4 is 10.2 Å². The van der Waals surface area contributed by atoms with Gasteiger partial charge in [0.05, 0.1) is 5.69 Å². The Bertz CT molecular complexity index is 1550. The molecule has 0 aromatic heterocycles.